The zero-order chi connectivity index (χ0) is 20.9. The molecule has 4 fully saturated rings. The first-order valence-corrected chi connectivity index (χ1v) is 11.1. The summed E-state index contributed by atoms with van der Waals surface area (Å²) in [6, 6.07) is 5.43. The van der Waals surface area contributed by atoms with E-state index in [9.17, 15) is 9.59 Å². The molecule has 2 amide bonds. The van der Waals surface area contributed by atoms with Gasteiger partial charge >= 0.3 is 0 Å². The van der Waals surface area contributed by atoms with Gasteiger partial charge in [-0.1, -0.05) is 19.9 Å². The molecule has 0 spiro atoms. The van der Waals surface area contributed by atoms with E-state index in [4.69, 9.17) is 4.74 Å². The van der Waals surface area contributed by atoms with Crippen molar-refractivity contribution in [1.29, 1.82) is 0 Å². The Labute approximate surface area is 176 Å². The molecule has 6 rings (SSSR count). The van der Waals surface area contributed by atoms with Gasteiger partial charge in [0.15, 0.2) is 0 Å². The summed E-state index contributed by atoms with van der Waals surface area (Å²) in [5, 5.41) is 3.16. The van der Waals surface area contributed by atoms with Gasteiger partial charge in [0.2, 0.25) is 0 Å². The fraction of sp³-hybridized carbons (Fsp3) is 0.609. The fourth-order valence-electron chi connectivity index (χ4n) is 5.75. The number of nitrogens with one attached hydrogen (secondary N) is 1. The summed E-state index contributed by atoms with van der Waals surface area (Å²) >= 11 is 0. The number of hydrogen-bond acceptors (Lipinski definition) is 4. The average Bonchev–Trinajstić information content (AvgIpc) is 3.22. The van der Waals surface area contributed by atoms with Gasteiger partial charge in [-0.25, -0.2) is 4.98 Å². The monoisotopic (exact) mass is 410 g/mol. The van der Waals surface area contributed by atoms with Crippen LogP contribution in [0.4, 0.5) is 0 Å². The van der Waals surface area contributed by atoms with E-state index in [1.807, 2.05) is 12.1 Å². The molecule has 0 unspecified atom stereocenters. The first kappa shape index (κ1) is 19.5. The van der Waals surface area contributed by atoms with Crippen molar-refractivity contribution in [1.82, 2.24) is 19.6 Å². The van der Waals surface area contributed by atoms with Crippen LogP contribution >= 0.6 is 0 Å². The standard InChI is InChI=1S/C23H30N4O3/c1-23(2)16-7-6-15(17(23)12-16)13-24-21(28)19-4-3-5-20-25-18(14-27(19)20)22(29)26-8-10-30-11-9-26/h3-5,14-17H,6-13H2,1-2H3,(H,24,28)/t15-,16-,17-/m0/s1. The summed E-state index contributed by atoms with van der Waals surface area (Å²) in [5.41, 5.74) is 1.90. The minimum absolute atomic E-state index is 0.109. The molecule has 4 aliphatic rings. The molecule has 7 heteroatoms. The van der Waals surface area contributed by atoms with Crippen molar-refractivity contribution in [3.05, 3.63) is 35.8 Å². The summed E-state index contributed by atoms with van der Waals surface area (Å²) in [5.74, 6) is 1.89. The van der Waals surface area contributed by atoms with Gasteiger partial charge in [-0.3, -0.25) is 14.0 Å². The molecule has 2 bridgehead atoms. The van der Waals surface area contributed by atoms with Crippen molar-refractivity contribution < 1.29 is 14.3 Å². The number of morpholine rings is 1. The molecule has 30 heavy (non-hydrogen) atoms. The number of rotatable bonds is 4. The van der Waals surface area contributed by atoms with E-state index < -0.39 is 0 Å². The van der Waals surface area contributed by atoms with E-state index in [2.05, 4.69) is 24.1 Å². The van der Waals surface area contributed by atoms with E-state index in [1.165, 1.54) is 19.3 Å². The van der Waals surface area contributed by atoms with Gasteiger partial charge < -0.3 is 15.0 Å². The van der Waals surface area contributed by atoms with E-state index in [0.29, 0.717) is 67.1 Å². The van der Waals surface area contributed by atoms with Crippen molar-refractivity contribution in [3.8, 4) is 0 Å². The highest BCUT2D eigenvalue weighted by Crippen LogP contribution is 2.61. The highest BCUT2D eigenvalue weighted by Gasteiger charge is 2.53. The van der Waals surface area contributed by atoms with Gasteiger partial charge in [0, 0.05) is 25.8 Å². The lowest BCUT2D eigenvalue weighted by Gasteiger charge is -2.60. The Balaban J connectivity index is 1.31. The predicted octanol–water partition coefficient (Wildman–Crippen LogP) is 2.61. The normalized spacial score (nSPS) is 27.5. The topological polar surface area (TPSA) is 75.9 Å². The highest BCUT2D eigenvalue weighted by atomic mass is 16.5. The first-order valence-electron chi connectivity index (χ1n) is 11.1. The van der Waals surface area contributed by atoms with Gasteiger partial charge in [-0.2, -0.15) is 0 Å². The Morgan fingerprint density at radius 3 is 2.77 bits per heavy atom. The Kier molecular flexibility index (Phi) is 4.81. The van der Waals surface area contributed by atoms with Crippen LogP contribution in [0.5, 0.6) is 0 Å². The number of carbonyl (C=O) groups excluding carboxylic acids is 2. The SMILES string of the molecule is CC1(C)[C@H]2CC[C@@H](CNC(=O)c3cccc4nc(C(=O)N5CCOCC5)cn34)[C@@H]1C2. The van der Waals surface area contributed by atoms with Crippen molar-refractivity contribution in [2.45, 2.75) is 33.1 Å². The quantitative estimate of drug-likeness (QED) is 0.841. The number of amides is 2. The summed E-state index contributed by atoms with van der Waals surface area (Å²) in [6.07, 6.45) is 5.46. The predicted molar refractivity (Wildman–Crippen MR) is 112 cm³/mol. The van der Waals surface area contributed by atoms with Crippen LogP contribution in [0.1, 0.15) is 54.1 Å². The fourth-order valence-corrected chi connectivity index (χ4v) is 5.75. The maximum Gasteiger partial charge on any atom is 0.274 e. The van der Waals surface area contributed by atoms with E-state index in [-0.39, 0.29) is 11.8 Å². The maximum absolute atomic E-state index is 13.0. The summed E-state index contributed by atoms with van der Waals surface area (Å²) in [7, 11) is 0. The third-order valence-corrected chi connectivity index (χ3v) is 7.77. The second-order valence-electron chi connectivity index (χ2n) is 9.58. The Morgan fingerprint density at radius 1 is 1.23 bits per heavy atom. The van der Waals surface area contributed by atoms with Crippen molar-refractivity contribution in [2.24, 2.45) is 23.2 Å². The number of carbonyl (C=O) groups is 2. The zero-order valence-electron chi connectivity index (χ0n) is 17.8. The van der Waals surface area contributed by atoms with Crippen LogP contribution in [0.2, 0.25) is 0 Å². The van der Waals surface area contributed by atoms with Gasteiger partial charge in [0.05, 0.1) is 13.2 Å². The summed E-state index contributed by atoms with van der Waals surface area (Å²) < 4.78 is 7.05. The summed E-state index contributed by atoms with van der Waals surface area (Å²) in [6.45, 7) is 7.70. The number of pyridine rings is 1. The molecular formula is C23H30N4O3. The number of fused-ring (bicyclic) bond motifs is 3. The van der Waals surface area contributed by atoms with Gasteiger partial charge in [0.1, 0.15) is 17.0 Å². The van der Waals surface area contributed by atoms with Crippen molar-refractivity contribution in [2.75, 3.05) is 32.8 Å². The first-order chi connectivity index (χ1) is 14.4. The number of hydrogen-bond donors (Lipinski definition) is 1. The van der Waals surface area contributed by atoms with Gasteiger partial charge in [-0.15, -0.1) is 0 Å². The molecule has 160 valence electrons. The number of imidazole rings is 1. The van der Waals surface area contributed by atoms with Gasteiger partial charge in [0.25, 0.3) is 11.8 Å². The van der Waals surface area contributed by atoms with Crippen LogP contribution in [0.15, 0.2) is 24.4 Å². The molecule has 2 aromatic rings. The van der Waals surface area contributed by atoms with Crippen molar-refractivity contribution in [3.63, 3.8) is 0 Å². The van der Waals surface area contributed by atoms with Crippen molar-refractivity contribution >= 4 is 17.5 Å². The Morgan fingerprint density at radius 2 is 2.03 bits per heavy atom. The second-order valence-corrected chi connectivity index (χ2v) is 9.58. The largest absolute Gasteiger partial charge is 0.378 e. The van der Waals surface area contributed by atoms with Gasteiger partial charge in [-0.05, 0) is 54.6 Å². The minimum atomic E-state index is -0.114. The molecule has 3 saturated carbocycles. The molecule has 1 aliphatic heterocycles. The lowest BCUT2D eigenvalue weighted by Crippen LogP contribution is -2.54. The smallest absolute Gasteiger partial charge is 0.274 e. The van der Waals surface area contributed by atoms with Crippen LogP contribution < -0.4 is 5.32 Å². The Bertz CT molecular complexity index is 974. The zero-order valence-corrected chi connectivity index (χ0v) is 17.8. The highest BCUT2D eigenvalue weighted by molar-refractivity contribution is 5.95. The van der Waals surface area contributed by atoms with E-state index in [0.717, 1.165) is 5.92 Å². The van der Waals surface area contributed by atoms with Crippen LogP contribution in [0.25, 0.3) is 5.65 Å². The molecule has 1 N–H and O–H groups in total. The number of nitrogens with zero attached hydrogens (tertiary/aromatic N) is 3. The van der Waals surface area contributed by atoms with Crippen LogP contribution in [0.3, 0.4) is 0 Å². The molecule has 3 atom stereocenters. The van der Waals surface area contributed by atoms with E-state index >= 15 is 0 Å². The Hall–Kier alpha value is -2.41. The third kappa shape index (κ3) is 3.20. The third-order valence-electron chi connectivity index (χ3n) is 7.77. The molecule has 7 nitrogen and oxygen atoms in total. The molecule has 1 saturated heterocycles. The number of aromatic nitrogens is 2. The molecule has 2 aromatic heterocycles. The molecule has 0 radical (unpaired) electrons. The van der Waals surface area contributed by atoms with Crippen LogP contribution in [0, 0.1) is 23.2 Å². The lowest BCUT2D eigenvalue weighted by molar-refractivity contribution is -0.103. The maximum atomic E-state index is 13.0. The molecule has 3 heterocycles. The molecule has 0 aromatic carbocycles. The second kappa shape index (κ2) is 7.38. The van der Waals surface area contributed by atoms with Crippen LogP contribution in [-0.2, 0) is 4.74 Å². The number of ether oxygens (including phenoxy) is 1. The minimum Gasteiger partial charge on any atom is -0.378 e. The molecular weight excluding hydrogens is 380 g/mol. The molecule has 3 aliphatic carbocycles. The van der Waals surface area contributed by atoms with E-state index in [1.54, 1.807) is 21.6 Å². The lowest BCUT2D eigenvalue weighted by atomic mass is 9.45. The summed E-state index contributed by atoms with van der Waals surface area (Å²) in [4.78, 5) is 32.0. The average molecular weight is 411 g/mol. The van der Waals surface area contributed by atoms with Crippen LogP contribution in [-0.4, -0.2) is 58.9 Å².